The third-order valence-electron chi connectivity index (χ3n) is 4.98. The Hall–Kier alpha value is -2.61. The fourth-order valence-electron chi connectivity index (χ4n) is 3.21. The van der Waals surface area contributed by atoms with Crippen LogP contribution >= 0.6 is 7.75 Å². The number of nitrogens with one attached hydrogen (secondary N) is 4. The van der Waals surface area contributed by atoms with Crippen LogP contribution in [-0.4, -0.2) is 77.3 Å². The summed E-state index contributed by atoms with van der Waals surface area (Å²) in [7, 11) is -4.83. The summed E-state index contributed by atoms with van der Waals surface area (Å²) in [4.78, 5) is 24.7. The lowest BCUT2D eigenvalue weighted by Crippen LogP contribution is -2.65. The molecule has 0 saturated carbocycles. The minimum atomic E-state index is -4.83. The number of amides is 2. The van der Waals surface area contributed by atoms with Crippen molar-refractivity contribution in [2.45, 2.75) is 63.9 Å². The first kappa shape index (κ1) is 23.8. The monoisotopic (exact) mass is 534 g/mol. The van der Waals surface area contributed by atoms with Gasteiger partial charge in [0.2, 0.25) is 0 Å². The van der Waals surface area contributed by atoms with E-state index in [0.717, 1.165) is 6.92 Å². The molecule has 1 aromatic rings. The van der Waals surface area contributed by atoms with Gasteiger partial charge < -0.3 is 19.1 Å². The molecule has 2 heterocycles. The molecule has 0 aliphatic carbocycles. The molecule has 2 saturated heterocycles. The minimum absolute atomic E-state index is 0.0345. The topological polar surface area (TPSA) is 172 Å². The van der Waals surface area contributed by atoms with Crippen LogP contribution in [0.1, 0.15) is 31.8 Å². The van der Waals surface area contributed by atoms with Crippen LogP contribution in [0.2, 0.25) is 0 Å². The Morgan fingerprint density at radius 2 is 2.14 bits per heavy atom. The number of para-hydroxylation sites is 1. The Kier molecular flexibility index (Phi) is 7.39. The van der Waals surface area contributed by atoms with Crippen molar-refractivity contribution >= 4 is 25.6 Å². The van der Waals surface area contributed by atoms with E-state index in [-0.39, 0.29) is 5.75 Å². The number of rotatable bonds is 10. The number of carbonyl (C=O) groups excluding carboxylic acids is 2. The van der Waals surface area contributed by atoms with Crippen LogP contribution in [0.5, 0.6) is 5.75 Å². The van der Waals surface area contributed by atoms with Crippen molar-refractivity contribution in [3.63, 3.8) is 0 Å². The van der Waals surface area contributed by atoms with Gasteiger partial charge >= 0.3 is 19.7 Å². The van der Waals surface area contributed by atoms with E-state index in [1.165, 1.54) is 31.2 Å². The molecule has 7 atom stereocenters. The quantitative estimate of drug-likeness (QED) is 0.218. The van der Waals surface area contributed by atoms with E-state index in [9.17, 15) is 19.3 Å². The molecule has 1 unspecified atom stereocenters. The van der Waals surface area contributed by atoms with E-state index in [1.54, 1.807) is 19.9 Å². The predicted octanol–water partition coefficient (Wildman–Crippen LogP) is 1.44. The highest BCUT2D eigenvalue weighted by Crippen LogP contribution is 2.46. The first-order valence-electron chi connectivity index (χ1n) is 12.5. The molecule has 0 aromatic heterocycles. The number of amidine groups is 1. The van der Waals surface area contributed by atoms with Crippen molar-refractivity contribution in [1.29, 1.82) is 5.41 Å². The molecular weight excluding hydrogens is 500 g/mol. The van der Waals surface area contributed by atoms with Crippen LogP contribution in [0.25, 0.3) is 0 Å². The molecule has 0 spiro atoms. The second kappa shape index (κ2) is 11.2. The van der Waals surface area contributed by atoms with Gasteiger partial charge in [0.25, 0.3) is 0 Å². The summed E-state index contributed by atoms with van der Waals surface area (Å²) in [6.45, 7) is 0.518. The van der Waals surface area contributed by atoms with Gasteiger partial charge in [-0.1, -0.05) is 18.2 Å². The molecule has 200 valence electrons. The standard InChI is InChI=1S/C21H31FN5O8P/c1-12(2)33-18(29)13(3)26-36(31,35-14-8-6-5-7-9-14)32-11-15-17(28)21(4,22)19(34-15)27-20(30)25-16(23)10-24-27/h5-9,12-13,15,17,19,24,28H,10-11H2,1-4H3,(H,26,31)(H2,23,25,30)/t13-,15+,17+,19+,21+,36-/m0/s1/i10D,11D2/t10?,13-,15+,17+,19+,21+,36-. The normalized spacial score (nSPS) is 32.6. The van der Waals surface area contributed by atoms with Gasteiger partial charge in [-0.3, -0.25) is 20.0 Å². The first-order valence-corrected chi connectivity index (χ1v) is 12.4. The van der Waals surface area contributed by atoms with E-state index in [2.05, 4.69) is 10.5 Å². The number of ether oxygens (including phenoxy) is 2. The maximum atomic E-state index is 15.7. The van der Waals surface area contributed by atoms with Gasteiger partial charge in [-0.2, -0.15) is 5.09 Å². The number of hydrazine groups is 1. The van der Waals surface area contributed by atoms with Crippen molar-refractivity contribution in [2.75, 3.05) is 13.1 Å². The Morgan fingerprint density at radius 3 is 2.78 bits per heavy atom. The number of urea groups is 1. The summed E-state index contributed by atoms with van der Waals surface area (Å²) in [5.74, 6) is -1.41. The molecule has 5 N–H and O–H groups in total. The molecular formula is C21H31FN5O8P. The Bertz CT molecular complexity index is 1130. The van der Waals surface area contributed by atoms with Crippen LogP contribution in [0.15, 0.2) is 30.3 Å². The second-order valence-corrected chi connectivity index (χ2v) is 10.1. The number of hydrogen-bond donors (Lipinski definition) is 5. The molecule has 15 heteroatoms. The van der Waals surface area contributed by atoms with E-state index >= 15 is 4.39 Å². The largest absolute Gasteiger partial charge is 0.462 e. The van der Waals surface area contributed by atoms with Crippen LogP contribution in [0.3, 0.4) is 0 Å². The van der Waals surface area contributed by atoms with Crippen molar-refractivity contribution in [3.05, 3.63) is 30.3 Å². The lowest BCUT2D eigenvalue weighted by molar-refractivity contribution is -0.149. The van der Waals surface area contributed by atoms with Gasteiger partial charge in [0.15, 0.2) is 11.9 Å². The van der Waals surface area contributed by atoms with E-state index in [0.29, 0.717) is 5.01 Å². The van der Waals surface area contributed by atoms with Crippen molar-refractivity contribution in [2.24, 2.45) is 0 Å². The number of aliphatic hydroxyl groups is 1. The van der Waals surface area contributed by atoms with E-state index < -0.39 is 74.9 Å². The third kappa shape index (κ3) is 6.58. The molecule has 2 fully saturated rings. The first-order chi connectivity index (χ1) is 18.0. The SMILES string of the molecule is [2H]C1NN([C@@H]2O[C@H](C([2H])([2H])O[P@@](=O)(N[C@@H](C)C(=O)OC(C)C)Oc3ccccc3)[C@@H](O)[C@@]2(C)F)C(=O)NC1=N. The molecule has 2 aliphatic rings. The van der Waals surface area contributed by atoms with Crippen LogP contribution in [0.4, 0.5) is 9.18 Å². The molecule has 2 amide bonds. The van der Waals surface area contributed by atoms with Crippen molar-refractivity contribution < 1.29 is 46.3 Å². The highest BCUT2D eigenvalue weighted by Gasteiger charge is 2.58. The minimum Gasteiger partial charge on any atom is -0.462 e. The summed E-state index contributed by atoms with van der Waals surface area (Å²) >= 11 is 0. The van der Waals surface area contributed by atoms with Gasteiger partial charge in [-0.05, 0) is 39.8 Å². The van der Waals surface area contributed by atoms with Crippen molar-refractivity contribution in [1.82, 2.24) is 20.8 Å². The average Bonchev–Trinajstić information content (AvgIpc) is 3.05. The van der Waals surface area contributed by atoms with Crippen LogP contribution < -0.4 is 20.4 Å². The van der Waals surface area contributed by atoms with Gasteiger partial charge in [0.1, 0.15) is 29.8 Å². The molecule has 0 bridgehead atoms. The zero-order chi connectivity index (χ0) is 29.3. The number of nitrogens with zero attached hydrogens (tertiary/aromatic N) is 1. The summed E-state index contributed by atoms with van der Waals surface area (Å²) in [6.07, 6.45) is -6.99. The molecule has 13 nitrogen and oxygen atoms in total. The number of carbonyl (C=O) groups is 2. The number of alkyl halides is 1. The molecule has 0 radical (unpaired) electrons. The van der Waals surface area contributed by atoms with Gasteiger partial charge in [-0.15, -0.1) is 0 Å². The highest BCUT2D eigenvalue weighted by atomic mass is 31.2. The maximum absolute atomic E-state index is 15.7. The number of halogens is 1. The highest BCUT2D eigenvalue weighted by molar-refractivity contribution is 7.52. The van der Waals surface area contributed by atoms with Crippen LogP contribution in [0, 0.1) is 5.41 Å². The van der Waals surface area contributed by atoms with Crippen molar-refractivity contribution in [3.8, 4) is 5.75 Å². The molecule has 3 rings (SSSR count). The van der Waals surface area contributed by atoms with E-state index in [4.69, 9.17) is 28.0 Å². The maximum Gasteiger partial charge on any atom is 0.459 e. The van der Waals surface area contributed by atoms with Gasteiger partial charge in [-0.25, -0.2) is 24.2 Å². The zero-order valence-electron chi connectivity index (χ0n) is 22.9. The average molecular weight is 534 g/mol. The summed E-state index contributed by atoms with van der Waals surface area (Å²) in [5.41, 5.74) is -0.614. The fraction of sp³-hybridized carbons (Fsp3) is 0.571. The van der Waals surface area contributed by atoms with Gasteiger partial charge in [0, 0.05) is 0 Å². The fourth-order valence-corrected chi connectivity index (χ4v) is 4.57. The lowest BCUT2D eigenvalue weighted by Gasteiger charge is -2.36. The van der Waals surface area contributed by atoms with Crippen LogP contribution in [-0.2, 0) is 23.4 Å². The Labute approximate surface area is 211 Å². The second-order valence-electron chi connectivity index (χ2n) is 8.44. The summed E-state index contributed by atoms with van der Waals surface area (Å²) < 4.78 is 75.1. The number of esters is 1. The summed E-state index contributed by atoms with van der Waals surface area (Å²) in [6, 6.07) is 5.05. The molecule has 1 aromatic carbocycles. The number of aliphatic hydroxyl groups excluding tert-OH is 1. The molecule has 36 heavy (non-hydrogen) atoms. The Balaban J connectivity index is 1.88. The summed E-state index contributed by atoms with van der Waals surface area (Å²) in [5, 5.41) is 23.0. The third-order valence-corrected chi connectivity index (χ3v) is 6.48. The zero-order valence-corrected chi connectivity index (χ0v) is 20.8. The Morgan fingerprint density at radius 1 is 1.47 bits per heavy atom. The molecule has 2 aliphatic heterocycles. The van der Waals surface area contributed by atoms with E-state index in [1.807, 2.05) is 5.32 Å². The predicted molar refractivity (Wildman–Crippen MR) is 125 cm³/mol. The smallest absolute Gasteiger partial charge is 0.459 e. The number of hydrogen-bond acceptors (Lipinski definition) is 10. The van der Waals surface area contributed by atoms with Gasteiger partial charge in [0.05, 0.1) is 23.3 Å². The lowest BCUT2D eigenvalue weighted by atomic mass is 9.98. The number of benzene rings is 1.